The maximum Gasteiger partial charge on any atom is 0.149 e. The van der Waals surface area contributed by atoms with E-state index in [-0.39, 0.29) is 0 Å². The molecule has 2 aromatic rings. The second kappa shape index (κ2) is 4.82. The zero-order chi connectivity index (χ0) is 12.3. The van der Waals surface area contributed by atoms with E-state index in [1.165, 1.54) is 11.1 Å². The van der Waals surface area contributed by atoms with Crippen molar-refractivity contribution in [3.63, 3.8) is 0 Å². The minimum atomic E-state index is 0.427. The first-order valence-electron chi connectivity index (χ1n) is 5.63. The number of benzene rings is 1. The Morgan fingerprint density at radius 2 is 2.06 bits per heavy atom. The molecule has 1 heterocycles. The summed E-state index contributed by atoms with van der Waals surface area (Å²) in [5.41, 5.74) is 9.07. The summed E-state index contributed by atoms with van der Waals surface area (Å²) >= 11 is 0. The van der Waals surface area contributed by atoms with Gasteiger partial charge >= 0.3 is 0 Å². The quantitative estimate of drug-likeness (QED) is 0.847. The second-order valence-electron chi connectivity index (χ2n) is 3.91. The van der Waals surface area contributed by atoms with E-state index in [2.05, 4.69) is 47.3 Å². The van der Waals surface area contributed by atoms with E-state index >= 15 is 0 Å². The van der Waals surface area contributed by atoms with Crippen LogP contribution in [0.15, 0.2) is 30.6 Å². The van der Waals surface area contributed by atoms with Crippen LogP contribution in [0.2, 0.25) is 0 Å². The normalized spacial score (nSPS) is 10.2. The van der Waals surface area contributed by atoms with Gasteiger partial charge in [0.2, 0.25) is 0 Å². The smallest absolute Gasteiger partial charge is 0.149 e. The second-order valence-corrected chi connectivity index (χ2v) is 3.91. The fraction of sp³-hybridized carbons (Fsp3) is 0.231. The monoisotopic (exact) mass is 228 g/mol. The molecule has 88 valence electrons. The molecule has 2 rings (SSSR count). The van der Waals surface area contributed by atoms with E-state index < -0.39 is 0 Å². The summed E-state index contributed by atoms with van der Waals surface area (Å²) in [6.07, 6.45) is 4.17. The van der Waals surface area contributed by atoms with Crippen LogP contribution in [0.4, 0.5) is 17.3 Å². The van der Waals surface area contributed by atoms with Gasteiger partial charge in [0.25, 0.3) is 0 Å². The molecule has 1 aromatic heterocycles. The highest BCUT2D eigenvalue weighted by molar-refractivity contribution is 5.64. The summed E-state index contributed by atoms with van der Waals surface area (Å²) in [5.74, 6) is 1.14. The molecule has 0 aliphatic rings. The molecule has 0 radical (unpaired) electrons. The number of nitrogens with one attached hydrogen (secondary N) is 1. The largest absolute Gasteiger partial charge is 0.382 e. The molecule has 0 amide bonds. The molecular formula is C13H16N4. The Morgan fingerprint density at radius 1 is 1.24 bits per heavy atom. The minimum absolute atomic E-state index is 0.427. The predicted octanol–water partition coefficient (Wildman–Crippen LogP) is 2.67. The first kappa shape index (κ1) is 11.4. The van der Waals surface area contributed by atoms with Crippen LogP contribution in [0, 0.1) is 6.92 Å². The third-order valence-electron chi connectivity index (χ3n) is 2.66. The predicted molar refractivity (Wildman–Crippen MR) is 70.3 cm³/mol. The van der Waals surface area contributed by atoms with Crippen molar-refractivity contribution in [2.75, 3.05) is 11.1 Å². The van der Waals surface area contributed by atoms with Crippen molar-refractivity contribution in [1.82, 2.24) is 9.97 Å². The van der Waals surface area contributed by atoms with Gasteiger partial charge in [0, 0.05) is 5.69 Å². The Bertz CT molecular complexity index is 505. The standard InChI is InChI=1S/C13H16N4/c1-3-10-6-4-5-9(2)13(10)17-12-8-15-11(14)7-16-12/h4-8H,3H2,1-2H3,(H2,14,15)(H,16,17). The molecule has 4 heteroatoms. The molecule has 0 atom stereocenters. The highest BCUT2D eigenvalue weighted by Gasteiger charge is 2.05. The molecule has 1 aromatic carbocycles. The van der Waals surface area contributed by atoms with Gasteiger partial charge in [-0.05, 0) is 24.5 Å². The lowest BCUT2D eigenvalue weighted by Crippen LogP contribution is -2.01. The van der Waals surface area contributed by atoms with Gasteiger partial charge in [0.1, 0.15) is 11.6 Å². The summed E-state index contributed by atoms with van der Waals surface area (Å²) < 4.78 is 0. The highest BCUT2D eigenvalue weighted by Crippen LogP contribution is 2.24. The summed E-state index contributed by atoms with van der Waals surface area (Å²) in [6.45, 7) is 4.21. The van der Waals surface area contributed by atoms with Crippen molar-refractivity contribution in [3.8, 4) is 0 Å². The maximum atomic E-state index is 5.50. The lowest BCUT2D eigenvalue weighted by Gasteiger charge is -2.13. The van der Waals surface area contributed by atoms with Crippen LogP contribution < -0.4 is 11.1 Å². The zero-order valence-electron chi connectivity index (χ0n) is 10.1. The number of aryl methyl sites for hydroxylation is 2. The number of anilines is 3. The van der Waals surface area contributed by atoms with Gasteiger partial charge in [0.05, 0.1) is 12.4 Å². The van der Waals surface area contributed by atoms with E-state index in [0.717, 1.165) is 12.1 Å². The lowest BCUT2D eigenvalue weighted by molar-refractivity contribution is 1.12. The van der Waals surface area contributed by atoms with Gasteiger partial charge in [-0.15, -0.1) is 0 Å². The lowest BCUT2D eigenvalue weighted by atomic mass is 10.1. The third-order valence-corrected chi connectivity index (χ3v) is 2.66. The highest BCUT2D eigenvalue weighted by atomic mass is 15.0. The Kier molecular flexibility index (Phi) is 3.23. The van der Waals surface area contributed by atoms with Gasteiger partial charge < -0.3 is 11.1 Å². The van der Waals surface area contributed by atoms with Gasteiger partial charge in [-0.25, -0.2) is 9.97 Å². The number of rotatable bonds is 3. The van der Waals surface area contributed by atoms with Crippen LogP contribution in [0.1, 0.15) is 18.1 Å². The number of para-hydroxylation sites is 1. The molecule has 0 saturated carbocycles. The summed E-state index contributed by atoms with van der Waals surface area (Å²) in [4.78, 5) is 8.20. The van der Waals surface area contributed by atoms with Crippen LogP contribution in [-0.4, -0.2) is 9.97 Å². The van der Waals surface area contributed by atoms with Crippen LogP contribution in [0.3, 0.4) is 0 Å². The number of nitrogens with two attached hydrogens (primary N) is 1. The SMILES string of the molecule is CCc1cccc(C)c1Nc1cnc(N)cn1. The van der Waals surface area contributed by atoms with Crippen molar-refractivity contribution in [1.29, 1.82) is 0 Å². The van der Waals surface area contributed by atoms with Crippen LogP contribution in [0.5, 0.6) is 0 Å². The first-order valence-corrected chi connectivity index (χ1v) is 5.63. The fourth-order valence-corrected chi connectivity index (χ4v) is 1.73. The number of nitrogens with zero attached hydrogens (tertiary/aromatic N) is 2. The van der Waals surface area contributed by atoms with E-state index in [4.69, 9.17) is 5.73 Å². The van der Waals surface area contributed by atoms with Gasteiger partial charge in [-0.3, -0.25) is 0 Å². The molecular weight excluding hydrogens is 212 g/mol. The molecule has 17 heavy (non-hydrogen) atoms. The van der Waals surface area contributed by atoms with Crippen LogP contribution >= 0.6 is 0 Å². The Labute approximate surface area is 101 Å². The van der Waals surface area contributed by atoms with Crippen molar-refractivity contribution in [3.05, 3.63) is 41.7 Å². The average molecular weight is 228 g/mol. The summed E-state index contributed by atoms with van der Waals surface area (Å²) in [7, 11) is 0. The summed E-state index contributed by atoms with van der Waals surface area (Å²) in [6, 6.07) is 6.25. The van der Waals surface area contributed by atoms with Crippen LogP contribution in [-0.2, 0) is 6.42 Å². The molecule has 0 unspecified atom stereocenters. The molecule has 4 nitrogen and oxygen atoms in total. The molecule has 0 spiro atoms. The maximum absolute atomic E-state index is 5.50. The zero-order valence-corrected chi connectivity index (χ0v) is 10.1. The van der Waals surface area contributed by atoms with Crippen molar-refractivity contribution >= 4 is 17.3 Å². The number of hydrogen-bond donors (Lipinski definition) is 2. The van der Waals surface area contributed by atoms with Crippen LogP contribution in [0.25, 0.3) is 0 Å². The molecule has 0 fully saturated rings. The number of aromatic nitrogens is 2. The van der Waals surface area contributed by atoms with Crippen molar-refractivity contribution < 1.29 is 0 Å². The number of nitrogen functional groups attached to an aromatic ring is 1. The first-order chi connectivity index (χ1) is 8.20. The van der Waals surface area contributed by atoms with E-state index in [1.54, 1.807) is 12.4 Å². The van der Waals surface area contributed by atoms with E-state index in [0.29, 0.717) is 11.6 Å². The molecule has 0 saturated heterocycles. The van der Waals surface area contributed by atoms with Crippen molar-refractivity contribution in [2.45, 2.75) is 20.3 Å². The molecule has 0 aliphatic carbocycles. The topological polar surface area (TPSA) is 63.8 Å². The Morgan fingerprint density at radius 3 is 2.71 bits per heavy atom. The fourth-order valence-electron chi connectivity index (χ4n) is 1.73. The average Bonchev–Trinajstić information content (AvgIpc) is 2.34. The molecule has 0 bridgehead atoms. The van der Waals surface area contributed by atoms with Crippen molar-refractivity contribution in [2.24, 2.45) is 0 Å². The Balaban J connectivity index is 2.32. The third kappa shape index (κ3) is 2.53. The van der Waals surface area contributed by atoms with Gasteiger partial charge in [-0.1, -0.05) is 25.1 Å². The molecule has 3 N–H and O–H groups in total. The van der Waals surface area contributed by atoms with E-state index in [9.17, 15) is 0 Å². The van der Waals surface area contributed by atoms with Gasteiger partial charge in [-0.2, -0.15) is 0 Å². The summed E-state index contributed by atoms with van der Waals surface area (Å²) in [5, 5.41) is 3.29. The minimum Gasteiger partial charge on any atom is -0.382 e. The molecule has 0 aliphatic heterocycles. The van der Waals surface area contributed by atoms with Gasteiger partial charge in [0.15, 0.2) is 0 Å². The van der Waals surface area contributed by atoms with E-state index in [1.807, 2.05) is 0 Å². The Hall–Kier alpha value is -2.10. The number of hydrogen-bond acceptors (Lipinski definition) is 4.